The number of hydrogen-bond donors (Lipinski definition) is 1. The number of rotatable bonds is 5. The summed E-state index contributed by atoms with van der Waals surface area (Å²) in [6.45, 7) is 2.61. The van der Waals surface area contributed by atoms with Crippen LogP contribution >= 0.6 is 0 Å². The quantitative estimate of drug-likeness (QED) is 0.583. The molecule has 0 bridgehead atoms. The van der Waals surface area contributed by atoms with Gasteiger partial charge in [0.1, 0.15) is 22.5 Å². The fourth-order valence-electron chi connectivity index (χ4n) is 2.76. The summed E-state index contributed by atoms with van der Waals surface area (Å²) in [6.07, 6.45) is 3.30. The van der Waals surface area contributed by atoms with Crippen LogP contribution in [-0.2, 0) is 6.54 Å². The second-order valence-electron chi connectivity index (χ2n) is 5.46. The highest BCUT2D eigenvalue weighted by Crippen LogP contribution is 2.34. The molecule has 0 aliphatic rings. The Morgan fingerprint density at radius 2 is 2.04 bits per heavy atom. The van der Waals surface area contributed by atoms with Crippen LogP contribution < -0.4 is 15.2 Å². The van der Waals surface area contributed by atoms with Crippen LogP contribution in [0.3, 0.4) is 0 Å². The highest BCUT2D eigenvalue weighted by atomic mass is 16.6. The largest absolute Gasteiger partial charge is 0.497 e. The molecule has 0 radical (unpaired) electrons. The molecular formula is C17H16N6O3. The second kappa shape index (κ2) is 6.36. The summed E-state index contributed by atoms with van der Waals surface area (Å²) in [4.78, 5) is 8.80. The standard InChI is InChI=1S/C17H16N6O3/c1-3-23-15-12(20-17(23)14-16(18)22-26-21-14)8-19-9-13(15)25-11-6-4-5-10(7-11)24-2/h4-9H,3H2,1-2H3,(H2,18,22). The zero-order valence-electron chi connectivity index (χ0n) is 14.2. The van der Waals surface area contributed by atoms with E-state index in [1.54, 1.807) is 25.6 Å². The molecule has 0 atom stereocenters. The zero-order chi connectivity index (χ0) is 18.1. The number of imidazole rings is 1. The fourth-order valence-corrected chi connectivity index (χ4v) is 2.76. The number of fused-ring (bicyclic) bond motifs is 1. The number of aromatic nitrogens is 5. The van der Waals surface area contributed by atoms with Gasteiger partial charge in [0.15, 0.2) is 23.1 Å². The van der Waals surface area contributed by atoms with Gasteiger partial charge >= 0.3 is 0 Å². The lowest BCUT2D eigenvalue weighted by Crippen LogP contribution is -2.01. The van der Waals surface area contributed by atoms with Crippen molar-refractivity contribution in [3.8, 4) is 28.8 Å². The van der Waals surface area contributed by atoms with Crippen LogP contribution in [0.25, 0.3) is 22.6 Å². The van der Waals surface area contributed by atoms with Crippen molar-refractivity contribution < 1.29 is 14.1 Å². The lowest BCUT2D eigenvalue weighted by atomic mass is 10.3. The summed E-state index contributed by atoms with van der Waals surface area (Å²) in [5.41, 5.74) is 7.65. The van der Waals surface area contributed by atoms with Gasteiger partial charge in [0.25, 0.3) is 0 Å². The van der Waals surface area contributed by atoms with Crippen molar-refractivity contribution in [3.05, 3.63) is 36.7 Å². The Hall–Kier alpha value is -3.62. The van der Waals surface area contributed by atoms with Gasteiger partial charge < -0.3 is 19.8 Å². The topological polar surface area (TPSA) is 114 Å². The number of pyridine rings is 1. The van der Waals surface area contributed by atoms with Crippen molar-refractivity contribution in [3.63, 3.8) is 0 Å². The Labute approximate surface area is 148 Å². The van der Waals surface area contributed by atoms with Crippen LogP contribution in [0.4, 0.5) is 5.82 Å². The average Bonchev–Trinajstić information content (AvgIpc) is 3.25. The molecule has 9 nitrogen and oxygen atoms in total. The maximum Gasteiger partial charge on any atom is 0.199 e. The molecule has 9 heteroatoms. The number of methoxy groups -OCH3 is 1. The van der Waals surface area contributed by atoms with E-state index in [-0.39, 0.29) is 5.82 Å². The maximum atomic E-state index is 6.04. The number of aryl methyl sites for hydroxylation is 1. The first-order chi connectivity index (χ1) is 12.7. The fraction of sp³-hybridized carbons (Fsp3) is 0.176. The number of ether oxygens (including phenoxy) is 2. The van der Waals surface area contributed by atoms with Gasteiger partial charge in [-0.1, -0.05) is 6.07 Å². The van der Waals surface area contributed by atoms with Crippen LogP contribution in [0.15, 0.2) is 41.3 Å². The Morgan fingerprint density at radius 3 is 2.77 bits per heavy atom. The van der Waals surface area contributed by atoms with E-state index >= 15 is 0 Å². The molecule has 0 spiro atoms. The van der Waals surface area contributed by atoms with Gasteiger partial charge in [0.05, 0.1) is 19.5 Å². The molecule has 26 heavy (non-hydrogen) atoms. The van der Waals surface area contributed by atoms with Crippen molar-refractivity contribution in [2.75, 3.05) is 12.8 Å². The van der Waals surface area contributed by atoms with Gasteiger partial charge in [0.2, 0.25) is 0 Å². The molecule has 4 aromatic rings. The Bertz CT molecular complexity index is 1070. The van der Waals surface area contributed by atoms with Crippen molar-refractivity contribution >= 4 is 16.9 Å². The van der Waals surface area contributed by atoms with E-state index in [1.807, 2.05) is 29.7 Å². The molecule has 0 unspecified atom stereocenters. The molecule has 0 saturated carbocycles. The summed E-state index contributed by atoms with van der Waals surface area (Å²) in [5, 5.41) is 7.48. The monoisotopic (exact) mass is 352 g/mol. The van der Waals surface area contributed by atoms with Gasteiger partial charge in [-0.3, -0.25) is 4.98 Å². The molecule has 1 aromatic carbocycles. The Kier molecular flexibility index (Phi) is 3.88. The van der Waals surface area contributed by atoms with E-state index in [2.05, 4.69) is 20.3 Å². The predicted molar refractivity (Wildman–Crippen MR) is 94.0 cm³/mol. The molecule has 4 rings (SSSR count). The molecule has 2 N–H and O–H groups in total. The van der Waals surface area contributed by atoms with Crippen LogP contribution in [0.5, 0.6) is 17.2 Å². The van der Waals surface area contributed by atoms with Crippen LogP contribution in [0, 0.1) is 0 Å². The van der Waals surface area contributed by atoms with Crippen LogP contribution in [-0.4, -0.2) is 32.0 Å². The number of nitrogens with zero attached hydrogens (tertiary/aromatic N) is 5. The minimum absolute atomic E-state index is 0.179. The first-order valence-corrected chi connectivity index (χ1v) is 7.95. The predicted octanol–water partition coefficient (Wildman–Crippen LogP) is 2.88. The second-order valence-corrected chi connectivity index (χ2v) is 5.46. The van der Waals surface area contributed by atoms with Crippen molar-refractivity contribution in [1.82, 2.24) is 24.8 Å². The Morgan fingerprint density at radius 1 is 1.19 bits per heavy atom. The normalized spacial score (nSPS) is 11.0. The number of hydrogen-bond acceptors (Lipinski definition) is 8. The van der Waals surface area contributed by atoms with E-state index in [4.69, 9.17) is 19.8 Å². The SMILES string of the molecule is CCn1c(-c2nonc2N)nc2cncc(Oc3cccc(OC)c3)c21. The smallest absolute Gasteiger partial charge is 0.199 e. The molecular weight excluding hydrogens is 336 g/mol. The van der Waals surface area contributed by atoms with E-state index in [1.165, 1.54) is 0 Å². The summed E-state index contributed by atoms with van der Waals surface area (Å²) in [5.74, 6) is 2.62. The highest BCUT2D eigenvalue weighted by Gasteiger charge is 2.21. The molecule has 3 aromatic heterocycles. The molecule has 0 amide bonds. The van der Waals surface area contributed by atoms with Crippen LogP contribution in [0.1, 0.15) is 6.92 Å². The minimum atomic E-state index is 0.179. The van der Waals surface area contributed by atoms with Crippen molar-refractivity contribution in [1.29, 1.82) is 0 Å². The summed E-state index contributed by atoms with van der Waals surface area (Å²) >= 11 is 0. The molecule has 0 saturated heterocycles. The van der Waals surface area contributed by atoms with E-state index < -0.39 is 0 Å². The zero-order valence-corrected chi connectivity index (χ0v) is 14.2. The molecule has 0 fully saturated rings. The summed E-state index contributed by atoms with van der Waals surface area (Å²) < 4.78 is 17.9. The number of nitrogen functional groups attached to an aromatic ring is 1. The average molecular weight is 352 g/mol. The van der Waals surface area contributed by atoms with Crippen molar-refractivity contribution in [2.24, 2.45) is 0 Å². The first-order valence-electron chi connectivity index (χ1n) is 7.95. The van der Waals surface area contributed by atoms with E-state index in [0.717, 1.165) is 5.52 Å². The van der Waals surface area contributed by atoms with Crippen molar-refractivity contribution in [2.45, 2.75) is 13.5 Å². The van der Waals surface area contributed by atoms with Gasteiger partial charge in [-0.15, -0.1) is 0 Å². The highest BCUT2D eigenvalue weighted by molar-refractivity contribution is 5.86. The van der Waals surface area contributed by atoms with E-state index in [9.17, 15) is 0 Å². The summed E-state index contributed by atoms with van der Waals surface area (Å²) in [6, 6.07) is 7.34. The van der Waals surface area contributed by atoms with Gasteiger partial charge in [-0.05, 0) is 29.4 Å². The number of benzene rings is 1. The maximum absolute atomic E-state index is 6.04. The van der Waals surface area contributed by atoms with Crippen LogP contribution in [0.2, 0.25) is 0 Å². The van der Waals surface area contributed by atoms with Gasteiger partial charge in [0, 0.05) is 12.6 Å². The van der Waals surface area contributed by atoms with Gasteiger partial charge in [-0.25, -0.2) is 9.61 Å². The molecule has 3 heterocycles. The third-order valence-electron chi connectivity index (χ3n) is 3.93. The summed E-state index contributed by atoms with van der Waals surface area (Å²) in [7, 11) is 1.61. The van der Waals surface area contributed by atoms with E-state index in [0.29, 0.717) is 40.8 Å². The molecule has 0 aliphatic carbocycles. The Balaban J connectivity index is 1.85. The van der Waals surface area contributed by atoms with Gasteiger partial charge in [-0.2, -0.15) is 0 Å². The molecule has 0 aliphatic heterocycles. The first kappa shape index (κ1) is 15.9. The third-order valence-corrected chi connectivity index (χ3v) is 3.93. The number of anilines is 1. The third kappa shape index (κ3) is 2.59. The lowest BCUT2D eigenvalue weighted by Gasteiger charge is -2.10. The molecule has 132 valence electrons. The minimum Gasteiger partial charge on any atom is -0.497 e. The number of nitrogens with two attached hydrogens (primary N) is 1. The lowest BCUT2D eigenvalue weighted by molar-refractivity contribution is 0.310.